The van der Waals surface area contributed by atoms with Gasteiger partial charge >= 0.3 is 0 Å². The van der Waals surface area contributed by atoms with E-state index in [-0.39, 0.29) is 23.3 Å². The summed E-state index contributed by atoms with van der Waals surface area (Å²) in [6.45, 7) is 6.74. The first-order chi connectivity index (χ1) is 8.15. The van der Waals surface area contributed by atoms with Crippen molar-refractivity contribution in [2.24, 2.45) is 11.1 Å². The molecule has 106 valence electrons. The number of nitrogens with one attached hydrogen (secondary N) is 1. The highest BCUT2D eigenvalue weighted by Gasteiger charge is 2.19. The monoisotopic (exact) mass is 257 g/mol. The van der Waals surface area contributed by atoms with Gasteiger partial charge in [0.05, 0.1) is 0 Å². The molecule has 3 N–H and O–H groups in total. The number of hydrogen-bond acceptors (Lipinski definition) is 3. The van der Waals surface area contributed by atoms with E-state index >= 15 is 0 Å². The zero-order valence-electron chi connectivity index (χ0n) is 12.2. The number of hydrogen-bond donors (Lipinski definition) is 2. The molecular weight excluding hydrogens is 230 g/mol. The van der Waals surface area contributed by atoms with Gasteiger partial charge in [-0.25, -0.2) is 0 Å². The Morgan fingerprint density at radius 1 is 1.33 bits per heavy atom. The molecular formula is C13H27N3O2. The molecule has 0 aliphatic heterocycles. The third-order valence-electron chi connectivity index (χ3n) is 2.69. The van der Waals surface area contributed by atoms with E-state index in [1.165, 1.54) is 0 Å². The lowest BCUT2D eigenvalue weighted by atomic mass is 9.87. The van der Waals surface area contributed by atoms with Crippen molar-refractivity contribution < 1.29 is 9.59 Å². The van der Waals surface area contributed by atoms with Crippen LogP contribution in [-0.4, -0.2) is 43.4 Å². The number of nitrogens with two attached hydrogens (primary N) is 1. The average Bonchev–Trinajstić information content (AvgIpc) is 2.22. The lowest BCUT2D eigenvalue weighted by Crippen LogP contribution is -2.36. The number of carbonyl (C=O) groups excluding carboxylic acids is 2. The van der Waals surface area contributed by atoms with E-state index in [1.807, 2.05) is 0 Å². The Labute approximate surface area is 110 Å². The third-order valence-corrected chi connectivity index (χ3v) is 2.69. The molecule has 0 radical (unpaired) electrons. The molecule has 0 spiro atoms. The molecule has 0 saturated carbocycles. The lowest BCUT2D eigenvalue weighted by Gasteiger charge is -2.24. The standard InChI is InChI=1S/C13H27N3O2/c1-13(2,3)9-10(14)8-12(18)16(5)7-6-11(17)15-4/h10H,6-9,14H2,1-5H3,(H,15,17). The summed E-state index contributed by atoms with van der Waals surface area (Å²) in [6, 6.07) is -0.125. The van der Waals surface area contributed by atoms with Crippen LogP contribution in [0.3, 0.4) is 0 Å². The third kappa shape index (κ3) is 8.06. The van der Waals surface area contributed by atoms with Crippen LogP contribution in [0.2, 0.25) is 0 Å². The van der Waals surface area contributed by atoms with Crippen molar-refractivity contribution >= 4 is 11.8 Å². The average molecular weight is 257 g/mol. The van der Waals surface area contributed by atoms with E-state index in [9.17, 15) is 9.59 Å². The van der Waals surface area contributed by atoms with Crippen LogP contribution in [0.4, 0.5) is 0 Å². The maximum absolute atomic E-state index is 11.9. The first-order valence-electron chi connectivity index (χ1n) is 6.36. The highest BCUT2D eigenvalue weighted by atomic mass is 16.2. The fourth-order valence-corrected chi connectivity index (χ4v) is 1.76. The number of nitrogens with zero attached hydrogens (tertiary/aromatic N) is 1. The summed E-state index contributed by atoms with van der Waals surface area (Å²) < 4.78 is 0. The van der Waals surface area contributed by atoms with E-state index in [1.54, 1.807) is 19.0 Å². The molecule has 5 heteroatoms. The van der Waals surface area contributed by atoms with Crippen LogP contribution in [0.5, 0.6) is 0 Å². The second-order valence-corrected chi connectivity index (χ2v) is 5.97. The van der Waals surface area contributed by atoms with Crippen molar-refractivity contribution in [2.75, 3.05) is 20.6 Å². The molecule has 1 unspecified atom stereocenters. The van der Waals surface area contributed by atoms with Crippen LogP contribution in [0.25, 0.3) is 0 Å². The summed E-state index contributed by atoms with van der Waals surface area (Å²) in [5, 5.41) is 2.53. The molecule has 1 atom stereocenters. The van der Waals surface area contributed by atoms with E-state index in [2.05, 4.69) is 26.1 Å². The largest absolute Gasteiger partial charge is 0.359 e. The molecule has 0 fully saturated rings. The van der Waals surface area contributed by atoms with Gasteiger partial charge < -0.3 is 16.0 Å². The topological polar surface area (TPSA) is 75.4 Å². The van der Waals surface area contributed by atoms with Gasteiger partial charge in [0, 0.05) is 39.5 Å². The van der Waals surface area contributed by atoms with E-state index in [0.717, 1.165) is 6.42 Å². The summed E-state index contributed by atoms with van der Waals surface area (Å²) in [7, 11) is 3.29. The predicted octanol–water partition coefficient (Wildman–Crippen LogP) is 0.735. The Morgan fingerprint density at radius 2 is 1.89 bits per heavy atom. The fraction of sp³-hybridized carbons (Fsp3) is 0.846. The zero-order valence-corrected chi connectivity index (χ0v) is 12.2. The van der Waals surface area contributed by atoms with Gasteiger partial charge in [-0.2, -0.15) is 0 Å². The Balaban J connectivity index is 4.04. The summed E-state index contributed by atoms with van der Waals surface area (Å²) in [5.74, 6) is -0.0655. The molecule has 0 aromatic carbocycles. The lowest BCUT2D eigenvalue weighted by molar-refractivity contribution is -0.131. The predicted molar refractivity (Wildman–Crippen MR) is 73.0 cm³/mol. The minimum atomic E-state index is -0.125. The molecule has 0 aromatic heterocycles. The van der Waals surface area contributed by atoms with Crippen LogP contribution >= 0.6 is 0 Å². The van der Waals surface area contributed by atoms with Gasteiger partial charge in [0.2, 0.25) is 11.8 Å². The first kappa shape index (κ1) is 16.9. The maximum atomic E-state index is 11.9. The Morgan fingerprint density at radius 3 is 2.33 bits per heavy atom. The SMILES string of the molecule is CNC(=O)CCN(C)C(=O)CC(N)CC(C)(C)C. The zero-order chi connectivity index (χ0) is 14.3. The molecule has 0 saturated heterocycles. The first-order valence-corrected chi connectivity index (χ1v) is 6.36. The van der Waals surface area contributed by atoms with Crippen molar-refractivity contribution in [3.8, 4) is 0 Å². The normalized spacial score (nSPS) is 13.0. The molecule has 0 rings (SSSR count). The number of rotatable bonds is 6. The fourth-order valence-electron chi connectivity index (χ4n) is 1.76. The smallest absolute Gasteiger partial charge is 0.223 e. The van der Waals surface area contributed by atoms with Crippen molar-refractivity contribution in [1.29, 1.82) is 0 Å². The summed E-state index contributed by atoms with van der Waals surface area (Å²) in [5.41, 5.74) is 6.08. The highest BCUT2D eigenvalue weighted by molar-refractivity contribution is 5.79. The van der Waals surface area contributed by atoms with Gasteiger partial charge in [-0.3, -0.25) is 9.59 Å². The number of amides is 2. The summed E-state index contributed by atoms with van der Waals surface area (Å²) >= 11 is 0. The molecule has 0 aliphatic rings. The molecule has 2 amide bonds. The van der Waals surface area contributed by atoms with E-state index in [0.29, 0.717) is 19.4 Å². The van der Waals surface area contributed by atoms with Gasteiger partial charge in [-0.15, -0.1) is 0 Å². The van der Waals surface area contributed by atoms with E-state index < -0.39 is 0 Å². The molecule has 0 bridgehead atoms. The van der Waals surface area contributed by atoms with Crippen molar-refractivity contribution in [3.05, 3.63) is 0 Å². The van der Waals surface area contributed by atoms with Gasteiger partial charge in [0.1, 0.15) is 0 Å². The minimum absolute atomic E-state index is 0.00402. The molecule has 18 heavy (non-hydrogen) atoms. The van der Waals surface area contributed by atoms with E-state index in [4.69, 9.17) is 5.73 Å². The molecule has 0 aromatic rings. The van der Waals surface area contributed by atoms with Gasteiger partial charge in [0.15, 0.2) is 0 Å². The van der Waals surface area contributed by atoms with Crippen LogP contribution in [0.1, 0.15) is 40.0 Å². The van der Waals surface area contributed by atoms with Crippen LogP contribution < -0.4 is 11.1 Å². The van der Waals surface area contributed by atoms with Gasteiger partial charge in [-0.1, -0.05) is 20.8 Å². The maximum Gasteiger partial charge on any atom is 0.223 e. The molecule has 0 heterocycles. The Bertz CT molecular complexity index is 284. The van der Waals surface area contributed by atoms with Crippen molar-refractivity contribution in [3.63, 3.8) is 0 Å². The van der Waals surface area contributed by atoms with Crippen molar-refractivity contribution in [2.45, 2.75) is 46.1 Å². The van der Waals surface area contributed by atoms with Crippen LogP contribution in [0, 0.1) is 5.41 Å². The molecule has 0 aliphatic carbocycles. The van der Waals surface area contributed by atoms with Gasteiger partial charge in [0.25, 0.3) is 0 Å². The number of carbonyl (C=O) groups is 2. The summed E-state index contributed by atoms with van der Waals surface area (Å²) in [6.07, 6.45) is 1.47. The van der Waals surface area contributed by atoms with Crippen LogP contribution in [0.15, 0.2) is 0 Å². The minimum Gasteiger partial charge on any atom is -0.359 e. The van der Waals surface area contributed by atoms with Gasteiger partial charge in [-0.05, 0) is 11.8 Å². The molecule has 5 nitrogen and oxygen atoms in total. The summed E-state index contributed by atoms with van der Waals surface area (Å²) in [4.78, 5) is 24.5. The Kier molecular flexibility index (Phi) is 6.91. The second kappa shape index (κ2) is 7.36. The highest BCUT2D eigenvalue weighted by Crippen LogP contribution is 2.21. The van der Waals surface area contributed by atoms with Crippen LogP contribution in [-0.2, 0) is 9.59 Å². The second-order valence-electron chi connectivity index (χ2n) is 5.97. The quantitative estimate of drug-likeness (QED) is 0.736. The van der Waals surface area contributed by atoms with Crippen molar-refractivity contribution in [1.82, 2.24) is 10.2 Å². The Hall–Kier alpha value is -1.10.